The van der Waals surface area contributed by atoms with Crippen molar-refractivity contribution in [2.24, 2.45) is 5.41 Å². The summed E-state index contributed by atoms with van der Waals surface area (Å²) in [5, 5.41) is 0.906. The van der Waals surface area contributed by atoms with E-state index in [-0.39, 0.29) is 35.4 Å². The van der Waals surface area contributed by atoms with Crippen LogP contribution in [0.3, 0.4) is 0 Å². The molecule has 0 radical (unpaired) electrons. The Hall–Kier alpha value is -3.58. The minimum Gasteiger partial charge on any atom is -0.497 e. The second-order valence-corrected chi connectivity index (χ2v) is 16.3. The highest BCUT2D eigenvalue weighted by molar-refractivity contribution is 7.90. The van der Waals surface area contributed by atoms with Crippen LogP contribution < -0.4 is 9.46 Å². The second kappa shape index (κ2) is 11.8. The Morgan fingerprint density at radius 1 is 1.00 bits per heavy atom. The predicted molar refractivity (Wildman–Crippen MR) is 176 cm³/mol. The number of fused-ring (bicyclic) bond motifs is 9. The fraction of sp³-hybridized carbons (Fsp3) is 0.556. The molecule has 2 aliphatic carbocycles. The van der Waals surface area contributed by atoms with Gasteiger partial charge in [0.05, 0.1) is 43.5 Å². The fourth-order valence-corrected chi connectivity index (χ4v) is 10.2. The van der Waals surface area contributed by atoms with Gasteiger partial charge in [-0.05, 0) is 85.9 Å². The van der Waals surface area contributed by atoms with Gasteiger partial charge >= 0.3 is 6.18 Å². The van der Waals surface area contributed by atoms with Crippen LogP contribution in [0.2, 0.25) is 0 Å². The zero-order valence-electron chi connectivity index (χ0n) is 27.4. The molecule has 5 aliphatic rings. The Balaban J connectivity index is 1.30. The van der Waals surface area contributed by atoms with Gasteiger partial charge in [-0.1, -0.05) is 25.3 Å². The first-order chi connectivity index (χ1) is 23.4. The summed E-state index contributed by atoms with van der Waals surface area (Å²) < 4.78 is 78.7. The van der Waals surface area contributed by atoms with E-state index in [1.807, 2.05) is 6.07 Å². The van der Waals surface area contributed by atoms with Crippen molar-refractivity contribution in [2.75, 3.05) is 26.1 Å². The minimum atomic E-state index is -5.00. The normalized spacial score (nSPS) is 26.7. The fourth-order valence-electron chi connectivity index (χ4n) is 9.30. The van der Waals surface area contributed by atoms with Crippen LogP contribution in [0.5, 0.6) is 5.75 Å². The summed E-state index contributed by atoms with van der Waals surface area (Å²) in [6.45, 7) is 1.40. The number of carbonyl (C=O) groups excluding carboxylic acids is 2. The molecule has 13 heteroatoms. The van der Waals surface area contributed by atoms with Crippen LogP contribution in [0, 0.1) is 5.41 Å². The van der Waals surface area contributed by atoms with Gasteiger partial charge in [-0.25, -0.2) is 13.1 Å². The molecule has 9 nitrogen and oxygen atoms in total. The summed E-state index contributed by atoms with van der Waals surface area (Å²) in [5.74, 6) is -2.29. The number of morpholine rings is 1. The van der Waals surface area contributed by atoms with Crippen LogP contribution in [0.4, 0.5) is 13.2 Å². The van der Waals surface area contributed by atoms with Gasteiger partial charge in [0, 0.05) is 34.5 Å². The number of halogens is 3. The topological polar surface area (TPSA) is 107 Å². The minimum absolute atomic E-state index is 0.0243. The average Bonchev–Trinajstić information content (AvgIpc) is 3.72. The smallest absolute Gasteiger partial charge is 0.404 e. The summed E-state index contributed by atoms with van der Waals surface area (Å²) in [6, 6.07) is 10.9. The molecule has 2 saturated heterocycles. The van der Waals surface area contributed by atoms with E-state index >= 15 is 0 Å². The number of amides is 2. The van der Waals surface area contributed by atoms with Crippen molar-refractivity contribution in [2.45, 2.75) is 94.4 Å². The molecule has 4 atom stereocenters. The van der Waals surface area contributed by atoms with Crippen LogP contribution in [-0.2, 0) is 26.1 Å². The van der Waals surface area contributed by atoms with Gasteiger partial charge in [-0.2, -0.15) is 13.2 Å². The second-order valence-electron chi connectivity index (χ2n) is 14.6. The third kappa shape index (κ3) is 5.60. The Bertz CT molecular complexity index is 1930. The molecule has 1 aromatic heterocycles. The lowest BCUT2D eigenvalue weighted by molar-refractivity contribution is -0.157. The van der Waals surface area contributed by atoms with Crippen LogP contribution in [0.15, 0.2) is 36.4 Å². The molecule has 2 saturated carbocycles. The summed E-state index contributed by atoms with van der Waals surface area (Å²) >= 11 is 0. The molecule has 8 rings (SSSR count). The summed E-state index contributed by atoms with van der Waals surface area (Å²) in [6.07, 6.45) is 3.77. The quantitative estimate of drug-likeness (QED) is 0.326. The van der Waals surface area contributed by atoms with Crippen molar-refractivity contribution in [3.8, 4) is 17.0 Å². The van der Waals surface area contributed by atoms with E-state index in [0.29, 0.717) is 37.4 Å². The zero-order chi connectivity index (χ0) is 34.3. The Morgan fingerprint density at radius 3 is 2.43 bits per heavy atom. The Morgan fingerprint density at radius 2 is 1.73 bits per heavy atom. The van der Waals surface area contributed by atoms with Crippen LogP contribution in [0.25, 0.3) is 22.2 Å². The highest BCUT2D eigenvalue weighted by atomic mass is 32.2. The number of aromatic nitrogens is 1. The zero-order valence-corrected chi connectivity index (χ0v) is 28.2. The molecule has 49 heavy (non-hydrogen) atoms. The molecule has 2 amide bonds. The standard InChI is InChI=1S/C36H40F3N3O6S/c1-47-25-11-13-26-28(15-25)29-16-35(29,34(44)42-23-8-5-9-24(42)18-48-17-23)19-41-30-14-22(33(43)40-49(45,46)20-36(37,38)39)10-12-27(30)31(32(26)41)21-6-3-2-4-7-21/h10-15,21,23-24,29H,2-9,16-20H2,1H3,(H,40,43)/t23-,24-,29?,35?/m0/s1. The number of nitrogens with one attached hydrogen (secondary N) is 1. The molecule has 1 N–H and O–H groups in total. The van der Waals surface area contributed by atoms with Gasteiger partial charge in [0.25, 0.3) is 5.91 Å². The van der Waals surface area contributed by atoms with E-state index in [1.54, 1.807) is 24.0 Å². The van der Waals surface area contributed by atoms with Gasteiger partial charge in [-0.3, -0.25) is 9.59 Å². The molecule has 3 aliphatic heterocycles. The van der Waals surface area contributed by atoms with Gasteiger partial charge in [0.15, 0.2) is 5.75 Å². The number of carbonyl (C=O) groups is 2. The average molecular weight is 700 g/mol. The first-order valence-electron chi connectivity index (χ1n) is 17.3. The molecule has 0 spiro atoms. The van der Waals surface area contributed by atoms with E-state index in [4.69, 9.17) is 9.47 Å². The molecule has 2 unspecified atom stereocenters. The third-order valence-electron chi connectivity index (χ3n) is 11.5. The monoisotopic (exact) mass is 699 g/mol. The molecular weight excluding hydrogens is 659 g/mol. The summed E-state index contributed by atoms with van der Waals surface area (Å²) in [4.78, 5) is 30.3. The third-order valence-corrected chi connectivity index (χ3v) is 12.7. The van der Waals surface area contributed by atoms with Crippen molar-refractivity contribution >= 4 is 32.7 Å². The Kier molecular flexibility index (Phi) is 7.82. The van der Waals surface area contributed by atoms with E-state index in [0.717, 1.165) is 79.1 Å². The summed E-state index contributed by atoms with van der Waals surface area (Å²) in [5.41, 5.74) is 4.05. The van der Waals surface area contributed by atoms with Crippen molar-refractivity contribution in [3.05, 3.63) is 53.1 Å². The number of alkyl halides is 3. The highest BCUT2D eigenvalue weighted by Crippen LogP contribution is 2.66. The van der Waals surface area contributed by atoms with Crippen LogP contribution in [0.1, 0.15) is 91.1 Å². The maximum atomic E-state index is 15.0. The number of piperidine rings is 1. The van der Waals surface area contributed by atoms with Gasteiger partial charge in [0.2, 0.25) is 15.9 Å². The number of sulfonamides is 1. The van der Waals surface area contributed by atoms with Crippen molar-refractivity contribution in [1.29, 1.82) is 0 Å². The molecule has 262 valence electrons. The van der Waals surface area contributed by atoms with E-state index in [1.165, 1.54) is 6.07 Å². The van der Waals surface area contributed by atoms with Crippen molar-refractivity contribution in [1.82, 2.24) is 14.2 Å². The lowest BCUT2D eigenvalue weighted by atomic mass is 9.81. The highest BCUT2D eigenvalue weighted by Gasteiger charge is 2.65. The number of ether oxygens (including phenoxy) is 2. The predicted octanol–water partition coefficient (Wildman–Crippen LogP) is 6.25. The molecule has 2 bridgehead atoms. The molecule has 4 fully saturated rings. The molecule has 3 aromatic rings. The maximum Gasteiger partial charge on any atom is 0.404 e. The Labute approximate surface area is 283 Å². The van der Waals surface area contributed by atoms with E-state index < -0.39 is 33.3 Å². The number of rotatable bonds is 6. The van der Waals surface area contributed by atoms with Crippen LogP contribution in [-0.4, -0.2) is 74.0 Å². The lowest BCUT2D eigenvalue weighted by Crippen LogP contribution is -2.59. The van der Waals surface area contributed by atoms with E-state index in [2.05, 4.69) is 21.6 Å². The van der Waals surface area contributed by atoms with Crippen LogP contribution >= 0.6 is 0 Å². The molecule has 4 heterocycles. The molecule has 2 aromatic carbocycles. The lowest BCUT2D eigenvalue weighted by Gasteiger charge is -2.47. The largest absolute Gasteiger partial charge is 0.497 e. The maximum absolute atomic E-state index is 15.0. The number of methoxy groups -OCH3 is 1. The SMILES string of the molecule is COc1ccc2c(c1)C1CC1(C(=O)N1[C@H]3CCC[C@H]1COC3)Cn1c-2c(C2CCCCC2)c2ccc(C(=O)NS(=O)(=O)CC(F)(F)F)cc21. The first kappa shape index (κ1) is 32.6. The summed E-state index contributed by atoms with van der Waals surface area (Å²) in [7, 11) is -3.34. The van der Waals surface area contributed by atoms with Gasteiger partial charge in [-0.15, -0.1) is 0 Å². The number of benzene rings is 2. The molecular formula is C36H40F3N3O6S. The van der Waals surface area contributed by atoms with Gasteiger partial charge < -0.3 is 18.9 Å². The number of hydrogen-bond donors (Lipinski definition) is 1. The van der Waals surface area contributed by atoms with E-state index in [9.17, 15) is 31.2 Å². The first-order valence-corrected chi connectivity index (χ1v) is 18.9. The number of hydrogen-bond acceptors (Lipinski definition) is 6. The van der Waals surface area contributed by atoms with Crippen molar-refractivity contribution < 1.29 is 40.7 Å². The van der Waals surface area contributed by atoms with Gasteiger partial charge in [0.1, 0.15) is 5.75 Å². The van der Waals surface area contributed by atoms with Crippen molar-refractivity contribution in [3.63, 3.8) is 0 Å². The number of nitrogens with zero attached hydrogens (tertiary/aromatic N) is 2.